The van der Waals surface area contributed by atoms with Crippen molar-refractivity contribution in [3.05, 3.63) is 169 Å². The number of fused-ring (bicyclic) bond motifs is 2. The molecule has 0 aliphatic carbocycles. The first-order valence-corrected chi connectivity index (χ1v) is 14.2. The van der Waals surface area contributed by atoms with Gasteiger partial charge in [0.15, 0.2) is 0 Å². The molecule has 41 heavy (non-hydrogen) atoms. The Morgan fingerprint density at radius 2 is 1.02 bits per heavy atom. The maximum absolute atomic E-state index is 2.42. The molecule has 0 fully saturated rings. The van der Waals surface area contributed by atoms with Crippen LogP contribution in [0.25, 0.3) is 11.1 Å². The van der Waals surface area contributed by atoms with Crippen molar-refractivity contribution >= 4 is 34.1 Å². The van der Waals surface area contributed by atoms with Crippen LogP contribution in [-0.2, 0) is 5.41 Å². The molecule has 0 amide bonds. The molecule has 2 nitrogen and oxygen atoms in total. The molecule has 6 aromatic carbocycles. The monoisotopic (exact) mass is 528 g/mol. The van der Waals surface area contributed by atoms with Crippen LogP contribution in [0.3, 0.4) is 0 Å². The van der Waals surface area contributed by atoms with Gasteiger partial charge in [0.2, 0.25) is 0 Å². The lowest BCUT2D eigenvalue weighted by Crippen LogP contribution is -2.30. The van der Waals surface area contributed by atoms with Gasteiger partial charge >= 0.3 is 0 Å². The van der Waals surface area contributed by atoms with Crippen LogP contribution in [0, 0.1) is 0 Å². The van der Waals surface area contributed by atoms with Gasteiger partial charge in [-0.2, -0.15) is 0 Å². The van der Waals surface area contributed by atoms with Crippen LogP contribution >= 0.6 is 0 Å². The lowest BCUT2D eigenvalue weighted by atomic mass is 9.73. The summed E-state index contributed by atoms with van der Waals surface area (Å²) in [5.74, 6) is 0. The normalized spacial score (nSPS) is 13.3. The van der Waals surface area contributed by atoms with Crippen molar-refractivity contribution in [2.45, 2.75) is 19.3 Å². The molecular weight excluding hydrogens is 496 g/mol. The van der Waals surface area contributed by atoms with Crippen LogP contribution < -0.4 is 9.80 Å². The molecule has 1 aliphatic rings. The maximum atomic E-state index is 2.42. The Bertz CT molecular complexity index is 1770. The first kappa shape index (κ1) is 24.9. The average Bonchev–Trinajstić information content (AvgIpc) is 3.03. The van der Waals surface area contributed by atoms with Gasteiger partial charge in [-0.05, 0) is 71.3 Å². The van der Waals surface area contributed by atoms with E-state index in [4.69, 9.17) is 0 Å². The van der Waals surface area contributed by atoms with Gasteiger partial charge in [-0.3, -0.25) is 0 Å². The van der Waals surface area contributed by atoms with Crippen molar-refractivity contribution in [1.82, 2.24) is 0 Å². The van der Waals surface area contributed by atoms with Gasteiger partial charge in [0.25, 0.3) is 0 Å². The highest BCUT2D eigenvalue weighted by Crippen LogP contribution is 2.53. The zero-order valence-corrected chi connectivity index (χ0v) is 23.4. The van der Waals surface area contributed by atoms with Crippen molar-refractivity contribution < 1.29 is 0 Å². The molecule has 0 saturated carbocycles. The lowest BCUT2D eigenvalue weighted by molar-refractivity contribution is 0.632. The topological polar surface area (TPSA) is 6.48 Å². The molecule has 0 saturated heterocycles. The van der Waals surface area contributed by atoms with Crippen LogP contribution in [-0.4, -0.2) is 0 Å². The largest absolute Gasteiger partial charge is 0.310 e. The predicted molar refractivity (Wildman–Crippen MR) is 173 cm³/mol. The molecule has 7 rings (SSSR count). The van der Waals surface area contributed by atoms with Gasteiger partial charge in [0.1, 0.15) is 0 Å². The SMILES string of the molecule is CC1(C)c2ccccc2N(c2ccccc2)c2cc(-c3ccccc3N(c3ccccc3)c3ccccc3)ccc21. The summed E-state index contributed by atoms with van der Waals surface area (Å²) in [5.41, 5.74) is 11.9. The minimum absolute atomic E-state index is 0.130. The molecule has 0 radical (unpaired) electrons. The number of hydrogen-bond donors (Lipinski definition) is 0. The predicted octanol–water partition coefficient (Wildman–Crippen LogP) is 10.9. The molecule has 0 N–H and O–H groups in total. The number of hydrogen-bond acceptors (Lipinski definition) is 2. The first-order valence-electron chi connectivity index (χ1n) is 14.2. The lowest BCUT2D eigenvalue weighted by Gasteiger charge is -2.42. The van der Waals surface area contributed by atoms with Crippen molar-refractivity contribution in [3.8, 4) is 11.1 Å². The Morgan fingerprint density at radius 3 is 1.71 bits per heavy atom. The third-order valence-electron chi connectivity index (χ3n) is 8.23. The van der Waals surface area contributed by atoms with Crippen LogP contribution in [0.15, 0.2) is 158 Å². The third-order valence-corrected chi connectivity index (χ3v) is 8.23. The smallest absolute Gasteiger partial charge is 0.0540 e. The summed E-state index contributed by atoms with van der Waals surface area (Å²) in [5, 5.41) is 0. The Labute approximate surface area is 242 Å². The van der Waals surface area contributed by atoms with Gasteiger partial charge in [0, 0.05) is 28.0 Å². The highest BCUT2D eigenvalue weighted by molar-refractivity contribution is 5.92. The molecule has 0 spiro atoms. The van der Waals surface area contributed by atoms with Gasteiger partial charge in [-0.15, -0.1) is 0 Å². The first-order chi connectivity index (χ1) is 20.1. The van der Waals surface area contributed by atoms with E-state index in [9.17, 15) is 0 Å². The van der Waals surface area contributed by atoms with Gasteiger partial charge in [0.05, 0.1) is 17.1 Å². The molecular formula is C39H32N2. The molecule has 1 heterocycles. The summed E-state index contributed by atoms with van der Waals surface area (Å²) in [4.78, 5) is 4.77. The Morgan fingerprint density at radius 1 is 0.488 bits per heavy atom. The van der Waals surface area contributed by atoms with Gasteiger partial charge in [-0.1, -0.05) is 117 Å². The number of para-hydroxylation sites is 5. The van der Waals surface area contributed by atoms with E-state index in [-0.39, 0.29) is 5.41 Å². The number of rotatable bonds is 5. The molecule has 198 valence electrons. The zero-order valence-electron chi connectivity index (χ0n) is 23.4. The highest BCUT2D eigenvalue weighted by Gasteiger charge is 2.37. The van der Waals surface area contributed by atoms with Crippen molar-refractivity contribution in [2.75, 3.05) is 9.80 Å². The van der Waals surface area contributed by atoms with E-state index < -0.39 is 0 Å². The van der Waals surface area contributed by atoms with Crippen molar-refractivity contribution in [1.29, 1.82) is 0 Å². The fourth-order valence-corrected chi connectivity index (χ4v) is 6.23. The van der Waals surface area contributed by atoms with E-state index in [1.54, 1.807) is 0 Å². The summed E-state index contributed by atoms with van der Waals surface area (Å²) in [6.45, 7) is 4.68. The average molecular weight is 529 g/mol. The summed E-state index contributed by atoms with van der Waals surface area (Å²) >= 11 is 0. The Hall–Kier alpha value is -5.08. The van der Waals surface area contributed by atoms with Gasteiger partial charge in [-0.25, -0.2) is 0 Å². The Kier molecular flexibility index (Phi) is 6.17. The molecule has 6 aromatic rings. The van der Waals surface area contributed by atoms with E-state index in [1.165, 1.54) is 33.6 Å². The second kappa shape index (κ2) is 10.1. The standard InChI is InChI=1S/C39H32N2/c1-39(2)34-23-13-15-25-37(34)41(32-20-10-5-11-21-32)38-28-29(26-27-35(38)39)33-22-12-14-24-36(33)40(30-16-6-3-7-17-30)31-18-8-4-9-19-31/h3-28H,1-2H3. The van der Waals surface area contributed by atoms with E-state index in [0.29, 0.717) is 0 Å². The van der Waals surface area contributed by atoms with E-state index in [1.807, 2.05) is 0 Å². The fourth-order valence-electron chi connectivity index (χ4n) is 6.23. The van der Waals surface area contributed by atoms with E-state index >= 15 is 0 Å². The fraction of sp³-hybridized carbons (Fsp3) is 0.0769. The van der Waals surface area contributed by atoms with Gasteiger partial charge < -0.3 is 9.80 Å². The summed E-state index contributed by atoms with van der Waals surface area (Å²) in [6, 6.07) is 56.5. The van der Waals surface area contributed by atoms with Crippen LogP contribution in [0.1, 0.15) is 25.0 Å². The maximum Gasteiger partial charge on any atom is 0.0540 e. The van der Waals surface area contributed by atoms with Crippen molar-refractivity contribution in [2.24, 2.45) is 0 Å². The number of benzene rings is 6. The van der Waals surface area contributed by atoms with E-state index in [2.05, 4.69) is 181 Å². The highest BCUT2D eigenvalue weighted by atomic mass is 15.2. The quantitative estimate of drug-likeness (QED) is 0.220. The number of nitrogens with zero attached hydrogens (tertiary/aromatic N) is 2. The van der Waals surface area contributed by atoms with Crippen LogP contribution in [0.2, 0.25) is 0 Å². The third kappa shape index (κ3) is 4.29. The minimum atomic E-state index is -0.130. The van der Waals surface area contributed by atoms with Crippen LogP contribution in [0.4, 0.5) is 34.1 Å². The molecule has 0 bridgehead atoms. The molecule has 0 atom stereocenters. The number of anilines is 6. The van der Waals surface area contributed by atoms with E-state index in [0.717, 1.165) is 22.7 Å². The summed E-state index contributed by atoms with van der Waals surface area (Å²) in [6.07, 6.45) is 0. The summed E-state index contributed by atoms with van der Waals surface area (Å²) < 4.78 is 0. The molecule has 2 heteroatoms. The molecule has 0 unspecified atom stereocenters. The second-order valence-electron chi connectivity index (χ2n) is 11.1. The molecule has 0 aromatic heterocycles. The Balaban J connectivity index is 1.45. The second-order valence-corrected chi connectivity index (χ2v) is 11.1. The summed E-state index contributed by atoms with van der Waals surface area (Å²) in [7, 11) is 0. The minimum Gasteiger partial charge on any atom is -0.310 e. The van der Waals surface area contributed by atoms with Crippen molar-refractivity contribution in [3.63, 3.8) is 0 Å². The zero-order chi connectivity index (χ0) is 27.8. The molecule has 1 aliphatic heterocycles. The van der Waals surface area contributed by atoms with Crippen LogP contribution in [0.5, 0.6) is 0 Å².